The fourth-order valence-corrected chi connectivity index (χ4v) is 4.71. The molecule has 2 amide bonds. The number of hydrogen-bond acceptors (Lipinski definition) is 6. The summed E-state index contributed by atoms with van der Waals surface area (Å²) in [4.78, 5) is 42.1. The fourth-order valence-electron chi connectivity index (χ4n) is 3.78. The highest BCUT2D eigenvalue weighted by atomic mass is 32.1. The minimum atomic E-state index is -0.285. The number of thiazole rings is 1. The zero-order chi connectivity index (χ0) is 21.3. The second-order valence-corrected chi connectivity index (χ2v) is 9.46. The van der Waals surface area contributed by atoms with E-state index in [1.807, 2.05) is 44.2 Å². The van der Waals surface area contributed by atoms with Gasteiger partial charge in [-0.3, -0.25) is 14.4 Å². The van der Waals surface area contributed by atoms with E-state index in [0.29, 0.717) is 29.4 Å². The Kier molecular flexibility index (Phi) is 5.51. The first-order valence-electron chi connectivity index (χ1n) is 10.1. The van der Waals surface area contributed by atoms with E-state index in [2.05, 4.69) is 15.4 Å². The van der Waals surface area contributed by atoms with Crippen molar-refractivity contribution in [1.29, 1.82) is 0 Å². The van der Waals surface area contributed by atoms with Gasteiger partial charge in [0.05, 0.1) is 22.8 Å². The van der Waals surface area contributed by atoms with Crippen LogP contribution in [0.3, 0.4) is 0 Å². The van der Waals surface area contributed by atoms with E-state index in [4.69, 9.17) is 0 Å². The zero-order valence-corrected chi connectivity index (χ0v) is 17.9. The number of ketones is 1. The van der Waals surface area contributed by atoms with E-state index in [0.717, 1.165) is 23.4 Å². The Balaban J connectivity index is 1.31. The summed E-state index contributed by atoms with van der Waals surface area (Å²) in [6, 6.07) is 9.77. The normalized spacial score (nSPS) is 17.5. The highest BCUT2D eigenvalue weighted by Gasteiger charge is 2.34. The Morgan fingerprint density at radius 1 is 1.17 bits per heavy atom. The van der Waals surface area contributed by atoms with Gasteiger partial charge >= 0.3 is 0 Å². The fraction of sp³-hybridized carbons (Fsp3) is 0.409. The molecule has 0 saturated heterocycles. The van der Waals surface area contributed by atoms with Gasteiger partial charge in [-0.2, -0.15) is 5.10 Å². The van der Waals surface area contributed by atoms with Crippen molar-refractivity contribution in [2.75, 3.05) is 11.9 Å². The Morgan fingerprint density at radius 3 is 2.70 bits per heavy atom. The molecular formula is C22H24N4O3S. The molecule has 4 rings (SSSR count). The van der Waals surface area contributed by atoms with Gasteiger partial charge in [0, 0.05) is 25.7 Å². The molecule has 0 spiro atoms. The number of benzene rings is 1. The second kappa shape index (κ2) is 8.10. The second-order valence-electron chi connectivity index (χ2n) is 8.46. The van der Waals surface area contributed by atoms with Crippen molar-refractivity contribution < 1.29 is 14.4 Å². The minimum absolute atomic E-state index is 0.0508. The molecule has 8 heteroatoms. The summed E-state index contributed by atoms with van der Waals surface area (Å²) in [6.45, 7) is 4.62. The van der Waals surface area contributed by atoms with Gasteiger partial charge in [-0.1, -0.05) is 55.5 Å². The van der Waals surface area contributed by atoms with E-state index >= 15 is 0 Å². The van der Waals surface area contributed by atoms with Crippen molar-refractivity contribution in [3.8, 4) is 0 Å². The number of anilines is 1. The number of Topliss-reactive ketones (excluding diaryl/α,β-unsaturated/α-hetero) is 1. The SMILES string of the molecule is CC1(C)CC(=O)c2sc(NC(=O)CCC(=O)N3CCC(c4ccccc4)=N3)nc2C1. The van der Waals surface area contributed by atoms with Crippen LogP contribution in [0.15, 0.2) is 35.4 Å². The summed E-state index contributed by atoms with van der Waals surface area (Å²) in [6.07, 6.45) is 2.04. The van der Waals surface area contributed by atoms with Crippen LogP contribution >= 0.6 is 11.3 Å². The first kappa shape index (κ1) is 20.4. The lowest BCUT2D eigenvalue weighted by Gasteiger charge is -2.26. The molecule has 1 aliphatic heterocycles. The third-order valence-electron chi connectivity index (χ3n) is 5.24. The maximum Gasteiger partial charge on any atom is 0.243 e. The molecule has 1 N–H and O–H groups in total. The number of carbonyl (C=O) groups excluding carboxylic acids is 3. The summed E-state index contributed by atoms with van der Waals surface area (Å²) < 4.78 is 0. The predicted molar refractivity (Wildman–Crippen MR) is 116 cm³/mol. The van der Waals surface area contributed by atoms with Crippen LogP contribution in [0.1, 0.15) is 60.5 Å². The Labute approximate surface area is 179 Å². The van der Waals surface area contributed by atoms with Crippen LogP contribution in [0.25, 0.3) is 0 Å². The van der Waals surface area contributed by atoms with Gasteiger partial charge in [0.2, 0.25) is 11.8 Å². The number of hydrogen-bond donors (Lipinski definition) is 1. The zero-order valence-electron chi connectivity index (χ0n) is 17.1. The van der Waals surface area contributed by atoms with E-state index in [1.54, 1.807) is 0 Å². The minimum Gasteiger partial charge on any atom is -0.302 e. The largest absolute Gasteiger partial charge is 0.302 e. The van der Waals surface area contributed by atoms with Crippen LogP contribution < -0.4 is 5.32 Å². The van der Waals surface area contributed by atoms with Gasteiger partial charge in [-0.25, -0.2) is 9.99 Å². The number of amides is 2. The first-order chi connectivity index (χ1) is 14.3. The molecule has 2 aromatic rings. The van der Waals surface area contributed by atoms with Gasteiger partial charge in [0.15, 0.2) is 10.9 Å². The van der Waals surface area contributed by atoms with Crippen LogP contribution in [-0.4, -0.2) is 39.8 Å². The Morgan fingerprint density at radius 2 is 1.93 bits per heavy atom. The topological polar surface area (TPSA) is 91.7 Å². The molecule has 2 heterocycles. The molecule has 1 aromatic heterocycles. The number of nitrogens with one attached hydrogen (secondary N) is 1. The molecule has 1 aliphatic carbocycles. The van der Waals surface area contributed by atoms with Crippen molar-refractivity contribution in [2.45, 2.75) is 46.0 Å². The van der Waals surface area contributed by atoms with E-state index in [1.165, 1.54) is 16.3 Å². The van der Waals surface area contributed by atoms with Gasteiger partial charge in [0.25, 0.3) is 0 Å². The van der Waals surface area contributed by atoms with Crippen molar-refractivity contribution in [2.24, 2.45) is 10.5 Å². The Hall–Kier alpha value is -2.87. The summed E-state index contributed by atoms with van der Waals surface area (Å²) in [7, 11) is 0. The molecule has 0 radical (unpaired) electrons. The van der Waals surface area contributed by atoms with Crippen molar-refractivity contribution >= 4 is 39.8 Å². The average molecular weight is 425 g/mol. The molecule has 156 valence electrons. The van der Waals surface area contributed by atoms with Crippen LogP contribution in [0, 0.1) is 5.41 Å². The maximum absolute atomic E-state index is 12.4. The van der Waals surface area contributed by atoms with E-state index in [-0.39, 0.29) is 35.9 Å². The van der Waals surface area contributed by atoms with Gasteiger partial charge in [-0.05, 0) is 17.4 Å². The molecule has 0 saturated carbocycles. The number of aromatic nitrogens is 1. The summed E-state index contributed by atoms with van der Waals surface area (Å²) in [5.41, 5.74) is 2.54. The summed E-state index contributed by atoms with van der Waals surface area (Å²) in [5.74, 6) is -0.380. The molecule has 0 atom stereocenters. The number of rotatable bonds is 5. The molecular weight excluding hydrogens is 400 g/mol. The third kappa shape index (κ3) is 4.48. The quantitative estimate of drug-likeness (QED) is 0.793. The monoisotopic (exact) mass is 424 g/mol. The highest BCUT2D eigenvalue weighted by molar-refractivity contribution is 7.17. The molecule has 2 aliphatic rings. The molecule has 1 aromatic carbocycles. The smallest absolute Gasteiger partial charge is 0.243 e. The van der Waals surface area contributed by atoms with Gasteiger partial charge in [-0.15, -0.1) is 0 Å². The predicted octanol–water partition coefficient (Wildman–Crippen LogP) is 3.65. The van der Waals surface area contributed by atoms with Crippen molar-refractivity contribution in [1.82, 2.24) is 9.99 Å². The summed E-state index contributed by atoms with van der Waals surface area (Å²) in [5, 5.41) is 9.01. The van der Waals surface area contributed by atoms with Crippen LogP contribution in [-0.2, 0) is 16.0 Å². The molecule has 30 heavy (non-hydrogen) atoms. The van der Waals surface area contributed by atoms with Crippen LogP contribution in [0.2, 0.25) is 0 Å². The average Bonchev–Trinajstić information content (AvgIpc) is 3.33. The van der Waals surface area contributed by atoms with Crippen LogP contribution in [0.4, 0.5) is 5.13 Å². The number of carbonyl (C=O) groups is 3. The van der Waals surface area contributed by atoms with E-state index in [9.17, 15) is 14.4 Å². The first-order valence-corrected chi connectivity index (χ1v) is 10.9. The van der Waals surface area contributed by atoms with Crippen LogP contribution in [0.5, 0.6) is 0 Å². The molecule has 0 fully saturated rings. The van der Waals surface area contributed by atoms with Crippen molar-refractivity contribution in [3.63, 3.8) is 0 Å². The molecule has 0 unspecified atom stereocenters. The third-order valence-corrected chi connectivity index (χ3v) is 6.30. The van der Waals surface area contributed by atoms with Gasteiger partial charge < -0.3 is 5.32 Å². The lowest BCUT2D eigenvalue weighted by atomic mass is 9.78. The molecule has 0 bridgehead atoms. The number of hydrazone groups is 1. The number of fused-ring (bicyclic) bond motifs is 1. The van der Waals surface area contributed by atoms with Gasteiger partial charge in [0.1, 0.15) is 0 Å². The van der Waals surface area contributed by atoms with E-state index < -0.39 is 0 Å². The molecule has 7 nitrogen and oxygen atoms in total. The Bertz CT molecular complexity index is 1030. The number of nitrogens with zero attached hydrogens (tertiary/aromatic N) is 3. The highest BCUT2D eigenvalue weighted by Crippen LogP contribution is 2.38. The summed E-state index contributed by atoms with van der Waals surface area (Å²) >= 11 is 1.22. The van der Waals surface area contributed by atoms with Crippen molar-refractivity contribution in [3.05, 3.63) is 46.5 Å². The lowest BCUT2D eigenvalue weighted by molar-refractivity contribution is -0.132. The lowest BCUT2D eigenvalue weighted by Crippen LogP contribution is -2.26. The maximum atomic E-state index is 12.4. The standard InChI is InChI=1S/C22H24N4O3S/c1-22(2)12-16-20(17(27)13-22)30-21(23-16)24-18(28)8-9-19(29)26-11-10-15(25-26)14-6-4-3-5-7-14/h3-7H,8-13H2,1-2H3,(H,23,24,28).